The second-order valence-electron chi connectivity index (χ2n) is 6.62. The van der Waals surface area contributed by atoms with Crippen LogP contribution in [-0.2, 0) is 5.41 Å². The summed E-state index contributed by atoms with van der Waals surface area (Å²) in [5.41, 5.74) is 4.38. The highest BCUT2D eigenvalue weighted by Crippen LogP contribution is 2.56. The number of rotatable bonds is 2. The number of methoxy groups -OCH3 is 1. The predicted molar refractivity (Wildman–Crippen MR) is 90.6 cm³/mol. The minimum atomic E-state index is 0.226. The molecule has 22 heavy (non-hydrogen) atoms. The van der Waals surface area contributed by atoms with Crippen LogP contribution >= 0.6 is 0 Å². The number of ether oxygens (including phenoxy) is 1. The maximum absolute atomic E-state index is 5.49. The van der Waals surface area contributed by atoms with Crippen molar-refractivity contribution in [1.29, 1.82) is 0 Å². The molecule has 2 aliphatic rings. The number of hydrogen-bond acceptors (Lipinski definition) is 2. The van der Waals surface area contributed by atoms with E-state index < -0.39 is 0 Å². The fourth-order valence-electron chi connectivity index (χ4n) is 4.43. The summed E-state index contributed by atoms with van der Waals surface area (Å²) >= 11 is 0. The van der Waals surface area contributed by atoms with Gasteiger partial charge < -0.3 is 10.1 Å². The maximum Gasteiger partial charge on any atom is 0.119 e. The average molecular weight is 293 g/mol. The Labute approximate surface area is 132 Å². The molecule has 0 bridgehead atoms. The number of anilines is 1. The van der Waals surface area contributed by atoms with Crippen molar-refractivity contribution >= 4 is 5.69 Å². The molecule has 4 rings (SSSR count). The molecule has 1 aliphatic heterocycles. The van der Waals surface area contributed by atoms with Crippen LogP contribution in [0.15, 0.2) is 48.5 Å². The zero-order valence-electron chi connectivity index (χ0n) is 13.1. The van der Waals surface area contributed by atoms with E-state index in [4.69, 9.17) is 4.74 Å². The Balaban J connectivity index is 1.84. The van der Waals surface area contributed by atoms with Crippen LogP contribution in [-0.4, -0.2) is 7.11 Å². The summed E-state index contributed by atoms with van der Waals surface area (Å²) in [6.45, 7) is 0. The molecule has 1 saturated carbocycles. The smallest absolute Gasteiger partial charge is 0.119 e. The van der Waals surface area contributed by atoms with Gasteiger partial charge in [0.15, 0.2) is 0 Å². The van der Waals surface area contributed by atoms with Crippen LogP contribution in [0.25, 0.3) is 0 Å². The minimum Gasteiger partial charge on any atom is -0.497 e. The number of benzene rings is 2. The number of fused-ring (bicyclic) bond motifs is 2. The Morgan fingerprint density at radius 1 is 1.00 bits per heavy atom. The van der Waals surface area contributed by atoms with E-state index in [2.05, 4.69) is 53.8 Å². The lowest BCUT2D eigenvalue weighted by Crippen LogP contribution is -2.34. The Morgan fingerprint density at radius 2 is 1.77 bits per heavy atom. The van der Waals surface area contributed by atoms with E-state index in [1.54, 1.807) is 7.11 Å². The molecule has 0 amide bonds. The maximum atomic E-state index is 5.49. The molecule has 1 heterocycles. The highest BCUT2D eigenvalue weighted by Gasteiger charge is 2.47. The quantitative estimate of drug-likeness (QED) is 0.835. The molecule has 2 nitrogen and oxygen atoms in total. The van der Waals surface area contributed by atoms with E-state index in [0.29, 0.717) is 6.04 Å². The van der Waals surface area contributed by atoms with Gasteiger partial charge in [-0.25, -0.2) is 0 Å². The van der Waals surface area contributed by atoms with Gasteiger partial charge in [0.05, 0.1) is 13.2 Å². The molecule has 114 valence electrons. The monoisotopic (exact) mass is 293 g/mol. The van der Waals surface area contributed by atoms with Crippen LogP contribution in [0.2, 0.25) is 0 Å². The molecule has 1 aliphatic carbocycles. The molecule has 1 fully saturated rings. The zero-order chi connectivity index (χ0) is 15.0. The summed E-state index contributed by atoms with van der Waals surface area (Å²) in [4.78, 5) is 0. The van der Waals surface area contributed by atoms with Crippen LogP contribution in [0, 0.1) is 0 Å². The first kappa shape index (κ1) is 13.7. The highest BCUT2D eigenvalue weighted by atomic mass is 16.5. The van der Waals surface area contributed by atoms with Gasteiger partial charge in [-0.2, -0.15) is 0 Å². The van der Waals surface area contributed by atoms with Crippen LogP contribution in [0.4, 0.5) is 5.69 Å². The molecule has 2 aromatic rings. The third-order valence-electron chi connectivity index (χ3n) is 5.49. The minimum absolute atomic E-state index is 0.226. The summed E-state index contributed by atoms with van der Waals surface area (Å²) < 4.78 is 5.49. The SMILES string of the molecule is COc1ccc2c(c1)C1(CCCCC1)[C@@H](c1ccccc1)N2. The Hall–Kier alpha value is -1.96. The summed E-state index contributed by atoms with van der Waals surface area (Å²) in [6, 6.07) is 17.8. The zero-order valence-corrected chi connectivity index (χ0v) is 13.1. The van der Waals surface area contributed by atoms with Crippen LogP contribution in [0.5, 0.6) is 5.75 Å². The molecule has 0 unspecified atom stereocenters. The van der Waals surface area contributed by atoms with Crippen molar-refractivity contribution in [3.8, 4) is 5.75 Å². The molecule has 2 heteroatoms. The molecule has 1 atom stereocenters. The average Bonchev–Trinajstić information content (AvgIpc) is 2.90. The molecular weight excluding hydrogens is 270 g/mol. The molecular formula is C20H23NO. The van der Waals surface area contributed by atoms with E-state index in [-0.39, 0.29) is 5.41 Å². The number of nitrogens with one attached hydrogen (secondary N) is 1. The van der Waals surface area contributed by atoms with Crippen molar-refractivity contribution in [3.63, 3.8) is 0 Å². The van der Waals surface area contributed by atoms with Crippen molar-refractivity contribution in [2.75, 3.05) is 12.4 Å². The van der Waals surface area contributed by atoms with E-state index in [9.17, 15) is 0 Å². The Morgan fingerprint density at radius 3 is 2.50 bits per heavy atom. The van der Waals surface area contributed by atoms with Gasteiger partial charge in [-0.05, 0) is 42.2 Å². The van der Waals surface area contributed by atoms with Crippen LogP contribution in [0.1, 0.15) is 49.3 Å². The van der Waals surface area contributed by atoms with E-state index in [1.807, 2.05) is 0 Å². The molecule has 1 N–H and O–H groups in total. The van der Waals surface area contributed by atoms with Crippen molar-refractivity contribution in [2.24, 2.45) is 0 Å². The van der Waals surface area contributed by atoms with Crippen LogP contribution < -0.4 is 10.1 Å². The van der Waals surface area contributed by atoms with Crippen molar-refractivity contribution < 1.29 is 4.74 Å². The Bertz CT molecular complexity index is 659. The third-order valence-corrected chi connectivity index (χ3v) is 5.49. The van der Waals surface area contributed by atoms with Gasteiger partial charge in [-0.15, -0.1) is 0 Å². The summed E-state index contributed by atoms with van der Waals surface area (Å²) in [6.07, 6.45) is 6.53. The van der Waals surface area contributed by atoms with Gasteiger partial charge in [-0.3, -0.25) is 0 Å². The third kappa shape index (κ3) is 2.01. The molecule has 0 radical (unpaired) electrons. The lowest BCUT2D eigenvalue weighted by Gasteiger charge is -2.39. The van der Waals surface area contributed by atoms with Gasteiger partial charge in [0.1, 0.15) is 5.75 Å². The highest BCUT2D eigenvalue weighted by molar-refractivity contribution is 5.65. The standard InChI is InChI=1S/C20H23NO/c1-22-16-10-11-18-17(14-16)20(12-6-3-7-13-20)19(21-18)15-8-4-2-5-9-15/h2,4-5,8-11,14,19,21H,3,6-7,12-13H2,1H3/t19-/m1/s1. The van der Waals surface area contributed by atoms with E-state index in [1.165, 1.54) is 48.9 Å². The molecule has 0 saturated heterocycles. The van der Waals surface area contributed by atoms with Gasteiger partial charge in [0, 0.05) is 11.1 Å². The second-order valence-corrected chi connectivity index (χ2v) is 6.62. The van der Waals surface area contributed by atoms with Gasteiger partial charge in [0.2, 0.25) is 0 Å². The predicted octanol–water partition coefficient (Wildman–Crippen LogP) is 5.06. The molecule has 1 spiro atoms. The molecule has 0 aromatic heterocycles. The fraction of sp³-hybridized carbons (Fsp3) is 0.400. The number of hydrogen-bond donors (Lipinski definition) is 1. The summed E-state index contributed by atoms with van der Waals surface area (Å²) in [5.74, 6) is 0.971. The first-order valence-corrected chi connectivity index (χ1v) is 8.33. The summed E-state index contributed by atoms with van der Waals surface area (Å²) in [7, 11) is 1.76. The van der Waals surface area contributed by atoms with Gasteiger partial charge in [0.25, 0.3) is 0 Å². The lowest BCUT2D eigenvalue weighted by molar-refractivity contribution is 0.269. The van der Waals surface area contributed by atoms with Gasteiger partial charge in [-0.1, -0.05) is 49.6 Å². The normalized spacial score (nSPS) is 22.1. The van der Waals surface area contributed by atoms with Crippen molar-refractivity contribution in [3.05, 3.63) is 59.7 Å². The fourth-order valence-corrected chi connectivity index (χ4v) is 4.43. The molecule has 2 aromatic carbocycles. The Kier molecular flexibility index (Phi) is 3.33. The first-order chi connectivity index (χ1) is 10.8. The first-order valence-electron chi connectivity index (χ1n) is 8.33. The van der Waals surface area contributed by atoms with Crippen LogP contribution in [0.3, 0.4) is 0 Å². The van der Waals surface area contributed by atoms with Gasteiger partial charge >= 0.3 is 0 Å². The van der Waals surface area contributed by atoms with Crippen molar-refractivity contribution in [2.45, 2.75) is 43.6 Å². The van der Waals surface area contributed by atoms with E-state index >= 15 is 0 Å². The van der Waals surface area contributed by atoms with Crippen molar-refractivity contribution in [1.82, 2.24) is 0 Å². The topological polar surface area (TPSA) is 21.3 Å². The lowest BCUT2D eigenvalue weighted by atomic mass is 9.65. The summed E-state index contributed by atoms with van der Waals surface area (Å²) in [5, 5.41) is 3.81. The van der Waals surface area contributed by atoms with E-state index in [0.717, 1.165) is 5.75 Å². The second kappa shape index (κ2) is 5.35. The largest absolute Gasteiger partial charge is 0.497 e.